The lowest BCUT2D eigenvalue weighted by atomic mass is 10.1. The zero-order valence-electron chi connectivity index (χ0n) is 19.4. The maximum absolute atomic E-state index is 12.9. The number of aryl methyl sites for hydroxylation is 1. The van der Waals surface area contributed by atoms with Gasteiger partial charge in [0.15, 0.2) is 6.61 Å². The molecule has 9 heteroatoms. The van der Waals surface area contributed by atoms with Crippen LogP contribution in [0.3, 0.4) is 0 Å². The highest BCUT2D eigenvalue weighted by Gasteiger charge is 2.17. The van der Waals surface area contributed by atoms with Gasteiger partial charge in [0.2, 0.25) is 0 Å². The fourth-order valence-corrected chi connectivity index (χ4v) is 4.51. The average Bonchev–Trinajstić information content (AvgIpc) is 2.87. The van der Waals surface area contributed by atoms with Crippen LogP contribution < -0.4 is 14.2 Å². The molecule has 0 aliphatic carbocycles. The molecule has 0 spiro atoms. The number of methoxy groups -OCH3 is 2. The van der Waals surface area contributed by atoms with Crippen LogP contribution in [0.15, 0.2) is 77.7 Å². The number of anilines is 1. The number of carbonyl (C=O) groups excluding carboxylic acids is 1. The standard InChI is InChI=1S/C26H24N2O6S/c1-17-7-9-18(10-8-17)24-15-25(34-16-26(29)33-3)22-13-19(11-12-23(22)27-24)28-35(30,31)21-6-4-5-20(14-21)32-2/h4-15,28H,16H2,1-3H3. The summed E-state index contributed by atoms with van der Waals surface area (Å²) in [5, 5.41) is 0.538. The number of hydrogen-bond donors (Lipinski definition) is 1. The first-order chi connectivity index (χ1) is 16.8. The number of nitrogens with one attached hydrogen (secondary N) is 1. The monoisotopic (exact) mass is 492 g/mol. The highest BCUT2D eigenvalue weighted by atomic mass is 32.2. The first-order valence-corrected chi connectivity index (χ1v) is 12.2. The largest absolute Gasteiger partial charge is 0.497 e. The number of ether oxygens (including phenoxy) is 3. The number of rotatable bonds is 8. The minimum Gasteiger partial charge on any atom is -0.497 e. The predicted octanol–water partition coefficient (Wildman–Crippen LogP) is 4.57. The molecule has 0 saturated carbocycles. The van der Waals surface area contributed by atoms with Crippen LogP contribution in [0.4, 0.5) is 5.69 Å². The lowest BCUT2D eigenvalue weighted by molar-refractivity contribution is -0.142. The van der Waals surface area contributed by atoms with E-state index in [4.69, 9.17) is 14.5 Å². The summed E-state index contributed by atoms with van der Waals surface area (Å²) in [7, 11) is -1.13. The van der Waals surface area contributed by atoms with E-state index in [9.17, 15) is 13.2 Å². The Balaban J connectivity index is 1.74. The molecule has 0 atom stereocenters. The maximum atomic E-state index is 12.9. The average molecular weight is 493 g/mol. The number of benzene rings is 3. The van der Waals surface area contributed by atoms with E-state index in [1.54, 1.807) is 36.4 Å². The van der Waals surface area contributed by atoms with Crippen molar-refractivity contribution in [2.45, 2.75) is 11.8 Å². The van der Waals surface area contributed by atoms with Crippen LogP contribution in [0, 0.1) is 6.92 Å². The number of sulfonamides is 1. The van der Waals surface area contributed by atoms with E-state index in [0.717, 1.165) is 11.1 Å². The Kier molecular flexibility index (Phi) is 6.88. The molecule has 35 heavy (non-hydrogen) atoms. The summed E-state index contributed by atoms with van der Waals surface area (Å²) in [6.45, 7) is 1.69. The van der Waals surface area contributed by atoms with Gasteiger partial charge in [0.25, 0.3) is 10.0 Å². The smallest absolute Gasteiger partial charge is 0.343 e. The van der Waals surface area contributed by atoms with Crippen LogP contribution in [0.1, 0.15) is 5.56 Å². The Morgan fingerprint density at radius 3 is 2.46 bits per heavy atom. The van der Waals surface area contributed by atoms with Gasteiger partial charge in [-0.1, -0.05) is 35.9 Å². The van der Waals surface area contributed by atoms with Crippen molar-refractivity contribution in [2.24, 2.45) is 0 Å². The highest BCUT2D eigenvalue weighted by molar-refractivity contribution is 7.92. The molecule has 0 amide bonds. The van der Waals surface area contributed by atoms with Gasteiger partial charge in [0.05, 0.1) is 30.3 Å². The van der Waals surface area contributed by atoms with Crippen LogP contribution in [0.25, 0.3) is 22.2 Å². The molecule has 0 fully saturated rings. The minimum absolute atomic E-state index is 0.0620. The second-order valence-electron chi connectivity index (χ2n) is 7.75. The van der Waals surface area contributed by atoms with E-state index in [2.05, 4.69) is 9.46 Å². The molecule has 0 saturated heterocycles. The molecule has 4 aromatic rings. The van der Waals surface area contributed by atoms with Crippen molar-refractivity contribution in [1.82, 2.24) is 4.98 Å². The third-order valence-corrected chi connectivity index (χ3v) is 6.67. The lowest BCUT2D eigenvalue weighted by Gasteiger charge is -2.14. The van der Waals surface area contributed by atoms with Gasteiger partial charge in [-0.15, -0.1) is 0 Å². The van der Waals surface area contributed by atoms with Gasteiger partial charge in [0.1, 0.15) is 11.5 Å². The molecular formula is C26H24N2O6S. The number of esters is 1. The van der Waals surface area contributed by atoms with Crippen molar-refractivity contribution in [3.63, 3.8) is 0 Å². The van der Waals surface area contributed by atoms with E-state index >= 15 is 0 Å². The van der Waals surface area contributed by atoms with Crippen molar-refractivity contribution < 1.29 is 27.4 Å². The van der Waals surface area contributed by atoms with Crippen molar-refractivity contribution >= 4 is 32.6 Å². The fraction of sp³-hybridized carbons (Fsp3) is 0.154. The molecule has 0 aliphatic rings. The summed E-state index contributed by atoms with van der Waals surface area (Å²) in [6, 6.07) is 20.7. The van der Waals surface area contributed by atoms with Gasteiger partial charge >= 0.3 is 5.97 Å². The molecule has 8 nitrogen and oxygen atoms in total. The third-order valence-electron chi connectivity index (χ3n) is 5.29. The van der Waals surface area contributed by atoms with Gasteiger partial charge in [-0.2, -0.15) is 0 Å². The molecule has 180 valence electrons. The predicted molar refractivity (Wildman–Crippen MR) is 133 cm³/mol. The number of pyridine rings is 1. The normalized spacial score (nSPS) is 11.2. The van der Waals surface area contributed by atoms with E-state index < -0.39 is 16.0 Å². The molecule has 0 bridgehead atoms. The Bertz CT molecular complexity index is 1480. The van der Waals surface area contributed by atoms with Crippen LogP contribution >= 0.6 is 0 Å². The summed E-state index contributed by atoms with van der Waals surface area (Å²) in [6.07, 6.45) is 0. The highest BCUT2D eigenvalue weighted by Crippen LogP contribution is 2.33. The third kappa shape index (κ3) is 5.52. The van der Waals surface area contributed by atoms with Gasteiger partial charge in [-0.25, -0.2) is 18.2 Å². The maximum Gasteiger partial charge on any atom is 0.343 e. The van der Waals surface area contributed by atoms with Crippen LogP contribution in [-0.2, 0) is 19.6 Å². The number of hydrogen-bond acceptors (Lipinski definition) is 7. The van der Waals surface area contributed by atoms with E-state index in [1.807, 2.05) is 31.2 Å². The van der Waals surface area contributed by atoms with Crippen LogP contribution in [0.5, 0.6) is 11.5 Å². The van der Waals surface area contributed by atoms with E-state index in [-0.39, 0.29) is 11.5 Å². The summed E-state index contributed by atoms with van der Waals surface area (Å²) in [5.74, 6) is 0.262. The van der Waals surface area contributed by atoms with Gasteiger partial charge in [-0.3, -0.25) is 4.72 Å². The number of carbonyl (C=O) groups is 1. The molecule has 3 aromatic carbocycles. The molecule has 0 aliphatic heterocycles. The quantitative estimate of drug-likeness (QED) is 0.359. The second kappa shape index (κ2) is 10.0. The fourth-order valence-electron chi connectivity index (χ4n) is 3.43. The summed E-state index contributed by atoms with van der Waals surface area (Å²) in [5.41, 5.74) is 3.54. The number of fused-ring (bicyclic) bond motifs is 1. The molecule has 4 rings (SSSR count). The lowest BCUT2D eigenvalue weighted by Crippen LogP contribution is -2.14. The Labute approximate surface area is 203 Å². The Morgan fingerprint density at radius 1 is 0.971 bits per heavy atom. The van der Waals surface area contributed by atoms with Crippen molar-refractivity contribution in [2.75, 3.05) is 25.5 Å². The Hall–Kier alpha value is -4.11. The first kappa shape index (κ1) is 24.0. The second-order valence-corrected chi connectivity index (χ2v) is 9.44. The van der Waals surface area contributed by atoms with Gasteiger partial charge in [0, 0.05) is 28.8 Å². The van der Waals surface area contributed by atoms with Crippen LogP contribution in [-0.4, -0.2) is 40.2 Å². The first-order valence-electron chi connectivity index (χ1n) is 10.7. The summed E-state index contributed by atoms with van der Waals surface area (Å²) < 4.78 is 44.0. The SMILES string of the molecule is COC(=O)COc1cc(-c2ccc(C)cc2)nc2ccc(NS(=O)(=O)c3cccc(OC)c3)cc12. The number of nitrogens with zero attached hydrogens (tertiary/aromatic N) is 1. The van der Waals surface area contributed by atoms with Crippen molar-refractivity contribution in [3.05, 3.63) is 78.4 Å². The molecule has 1 N–H and O–H groups in total. The Morgan fingerprint density at radius 2 is 1.74 bits per heavy atom. The molecule has 1 heterocycles. The number of aromatic nitrogens is 1. The van der Waals surface area contributed by atoms with Crippen LogP contribution in [0.2, 0.25) is 0 Å². The summed E-state index contributed by atoms with van der Waals surface area (Å²) in [4.78, 5) is 16.5. The zero-order valence-corrected chi connectivity index (χ0v) is 20.3. The molecular weight excluding hydrogens is 468 g/mol. The van der Waals surface area contributed by atoms with Crippen molar-refractivity contribution in [3.8, 4) is 22.8 Å². The van der Waals surface area contributed by atoms with Crippen molar-refractivity contribution in [1.29, 1.82) is 0 Å². The van der Waals surface area contributed by atoms with Gasteiger partial charge in [-0.05, 0) is 37.3 Å². The topological polar surface area (TPSA) is 104 Å². The van der Waals surface area contributed by atoms with Gasteiger partial charge < -0.3 is 14.2 Å². The van der Waals surface area contributed by atoms with E-state index in [1.165, 1.54) is 26.4 Å². The molecule has 1 aromatic heterocycles. The zero-order chi connectivity index (χ0) is 25.0. The van der Waals surface area contributed by atoms with E-state index in [0.29, 0.717) is 33.8 Å². The molecule has 0 unspecified atom stereocenters. The molecule has 0 radical (unpaired) electrons. The summed E-state index contributed by atoms with van der Waals surface area (Å²) >= 11 is 0. The minimum atomic E-state index is -3.88.